The maximum atomic E-state index is 12.2. The molecule has 102 valence electrons. The van der Waals surface area contributed by atoms with Gasteiger partial charge in [0.05, 0.1) is 11.3 Å². The SMILES string of the molecule is CNC(=O)Nc1ccccc1C(=O)Nc1ccccn1. The molecule has 2 aromatic rings. The Bertz CT molecular complexity index is 614. The molecule has 1 heterocycles. The number of hydrogen-bond donors (Lipinski definition) is 3. The van der Waals surface area contributed by atoms with E-state index < -0.39 is 0 Å². The van der Waals surface area contributed by atoms with E-state index in [0.29, 0.717) is 17.1 Å². The Morgan fingerprint density at radius 2 is 1.75 bits per heavy atom. The molecule has 0 saturated carbocycles. The van der Waals surface area contributed by atoms with Gasteiger partial charge in [0.2, 0.25) is 0 Å². The highest BCUT2D eigenvalue weighted by Gasteiger charge is 2.12. The predicted octanol–water partition coefficient (Wildman–Crippen LogP) is 2.09. The van der Waals surface area contributed by atoms with Gasteiger partial charge in [-0.25, -0.2) is 9.78 Å². The standard InChI is InChI=1S/C14H14N4O2/c1-15-14(20)17-11-7-3-2-6-10(11)13(19)18-12-8-4-5-9-16-12/h2-9H,1H3,(H2,15,17,20)(H,16,18,19). The van der Waals surface area contributed by atoms with Gasteiger partial charge >= 0.3 is 6.03 Å². The number of para-hydroxylation sites is 1. The van der Waals surface area contributed by atoms with Crippen LogP contribution in [0.5, 0.6) is 0 Å². The van der Waals surface area contributed by atoms with E-state index in [4.69, 9.17) is 0 Å². The van der Waals surface area contributed by atoms with Crippen molar-refractivity contribution >= 4 is 23.4 Å². The van der Waals surface area contributed by atoms with Crippen LogP contribution in [0.3, 0.4) is 0 Å². The van der Waals surface area contributed by atoms with Gasteiger partial charge in [-0.05, 0) is 24.3 Å². The summed E-state index contributed by atoms with van der Waals surface area (Å²) in [5.74, 6) is 0.114. The lowest BCUT2D eigenvalue weighted by Gasteiger charge is -2.10. The second-order valence-corrected chi connectivity index (χ2v) is 3.92. The van der Waals surface area contributed by atoms with Crippen LogP contribution in [-0.2, 0) is 0 Å². The van der Waals surface area contributed by atoms with Gasteiger partial charge in [-0.2, -0.15) is 0 Å². The number of nitrogens with zero attached hydrogens (tertiary/aromatic N) is 1. The van der Waals surface area contributed by atoms with Crippen LogP contribution >= 0.6 is 0 Å². The molecule has 2 rings (SSSR count). The van der Waals surface area contributed by atoms with Crippen molar-refractivity contribution in [2.24, 2.45) is 0 Å². The summed E-state index contributed by atoms with van der Waals surface area (Å²) in [5.41, 5.74) is 0.794. The molecule has 20 heavy (non-hydrogen) atoms. The zero-order valence-electron chi connectivity index (χ0n) is 10.9. The summed E-state index contributed by atoms with van der Waals surface area (Å²) in [7, 11) is 1.51. The van der Waals surface area contributed by atoms with Crippen molar-refractivity contribution < 1.29 is 9.59 Å². The van der Waals surface area contributed by atoms with Gasteiger partial charge in [0.1, 0.15) is 5.82 Å². The van der Waals surface area contributed by atoms with Crippen LogP contribution < -0.4 is 16.0 Å². The first-order chi connectivity index (χ1) is 9.70. The van der Waals surface area contributed by atoms with E-state index in [1.165, 1.54) is 7.05 Å². The molecule has 0 aliphatic carbocycles. The summed E-state index contributed by atoms with van der Waals surface area (Å²) in [5, 5.41) is 7.70. The van der Waals surface area contributed by atoms with E-state index in [1.54, 1.807) is 48.7 Å². The van der Waals surface area contributed by atoms with Crippen LogP contribution in [0.15, 0.2) is 48.7 Å². The monoisotopic (exact) mass is 270 g/mol. The van der Waals surface area contributed by atoms with Gasteiger partial charge in [-0.1, -0.05) is 18.2 Å². The Hall–Kier alpha value is -2.89. The third-order valence-electron chi connectivity index (χ3n) is 2.55. The van der Waals surface area contributed by atoms with Crippen LogP contribution in [-0.4, -0.2) is 24.0 Å². The number of nitrogens with one attached hydrogen (secondary N) is 3. The molecule has 6 nitrogen and oxygen atoms in total. The number of hydrogen-bond acceptors (Lipinski definition) is 3. The van der Waals surface area contributed by atoms with Crippen molar-refractivity contribution in [3.05, 3.63) is 54.2 Å². The lowest BCUT2D eigenvalue weighted by molar-refractivity contribution is 0.102. The number of urea groups is 1. The summed E-state index contributed by atoms with van der Waals surface area (Å²) in [6, 6.07) is 11.6. The molecule has 0 atom stereocenters. The minimum absolute atomic E-state index is 0.337. The lowest BCUT2D eigenvalue weighted by Crippen LogP contribution is -2.26. The zero-order chi connectivity index (χ0) is 14.4. The number of aromatic nitrogens is 1. The van der Waals surface area contributed by atoms with Crippen molar-refractivity contribution in [2.75, 3.05) is 17.7 Å². The molecule has 0 spiro atoms. The topological polar surface area (TPSA) is 83.1 Å². The van der Waals surface area contributed by atoms with E-state index in [2.05, 4.69) is 20.9 Å². The Balaban J connectivity index is 2.19. The number of rotatable bonds is 3. The first kappa shape index (κ1) is 13.5. The zero-order valence-corrected chi connectivity index (χ0v) is 10.9. The van der Waals surface area contributed by atoms with Gasteiger partial charge in [0.15, 0.2) is 0 Å². The van der Waals surface area contributed by atoms with Crippen molar-refractivity contribution in [3.8, 4) is 0 Å². The maximum absolute atomic E-state index is 12.2. The maximum Gasteiger partial charge on any atom is 0.318 e. The highest BCUT2D eigenvalue weighted by atomic mass is 16.2. The normalized spacial score (nSPS) is 9.65. The van der Waals surface area contributed by atoms with E-state index >= 15 is 0 Å². The summed E-state index contributed by atoms with van der Waals surface area (Å²) in [6.07, 6.45) is 1.59. The molecule has 0 fully saturated rings. The van der Waals surface area contributed by atoms with Crippen LogP contribution in [0, 0.1) is 0 Å². The number of anilines is 2. The molecule has 0 aliphatic heterocycles. The van der Waals surface area contributed by atoms with Gasteiger partial charge in [-0.3, -0.25) is 4.79 Å². The number of amides is 3. The second-order valence-electron chi connectivity index (χ2n) is 3.92. The Labute approximate surface area is 116 Å². The van der Waals surface area contributed by atoms with Gasteiger partial charge in [0.25, 0.3) is 5.91 Å². The van der Waals surface area contributed by atoms with Crippen molar-refractivity contribution in [1.82, 2.24) is 10.3 Å². The van der Waals surface area contributed by atoms with Crippen LogP contribution in [0.4, 0.5) is 16.3 Å². The quantitative estimate of drug-likeness (QED) is 0.798. The largest absolute Gasteiger partial charge is 0.341 e. The third-order valence-corrected chi connectivity index (χ3v) is 2.55. The lowest BCUT2D eigenvalue weighted by atomic mass is 10.1. The fourth-order valence-electron chi connectivity index (χ4n) is 1.60. The fourth-order valence-corrected chi connectivity index (χ4v) is 1.60. The third kappa shape index (κ3) is 3.32. The van der Waals surface area contributed by atoms with E-state index in [0.717, 1.165) is 0 Å². The smallest absolute Gasteiger partial charge is 0.318 e. The van der Waals surface area contributed by atoms with Gasteiger partial charge in [-0.15, -0.1) is 0 Å². The molecule has 3 amide bonds. The van der Waals surface area contributed by atoms with Crippen molar-refractivity contribution in [2.45, 2.75) is 0 Å². The van der Waals surface area contributed by atoms with E-state index in [-0.39, 0.29) is 11.9 Å². The number of carbonyl (C=O) groups is 2. The average molecular weight is 270 g/mol. The number of pyridine rings is 1. The minimum atomic E-state index is -0.386. The second kappa shape index (κ2) is 6.33. The Kier molecular flexibility index (Phi) is 4.28. The van der Waals surface area contributed by atoms with Gasteiger partial charge in [0, 0.05) is 13.2 Å². The first-order valence-electron chi connectivity index (χ1n) is 6.01. The minimum Gasteiger partial charge on any atom is -0.341 e. The summed E-state index contributed by atoms with van der Waals surface area (Å²) >= 11 is 0. The predicted molar refractivity (Wildman–Crippen MR) is 76.7 cm³/mol. The molecule has 0 saturated heterocycles. The molecular weight excluding hydrogens is 256 g/mol. The van der Waals surface area contributed by atoms with Crippen LogP contribution in [0.2, 0.25) is 0 Å². The molecule has 1 aromatic carbocycles. The number of benzene rings is 1. The molecular formula is C14H14N4O2. The molecule has 0 bridgehead atoms. The molecule has 0 aliphatic rings. The van der Waals surface area contributed by atoms with Crippen molar-refractivity contribution in [3.63, 3.8) is 0 Å². The molecule has 0 unspecified atom stereocenters. The van der Waals surface area contributed by atoms with Crippen LogP contribution in [0.1, 0.15) is 10.4 Å². The summed E-state index contributed by atoms with van der Waals surface area (Å²) in [6.45, 7) is 0. The highest BCUT2D eigenvalue weighted by Crippen LogP contribution is 2.16. The van der Waals surface area contributed by atoms with Gasteiger partial charge < -0.3 is 16.0 Å². The molecule has 3 N–H and O–H groups in total. The number of carbonyl (C=O) groups excluding carboxylic acids is 2. The van der Waals surface area contributed by atoms with E-state index in [1.807, 2.05) is 0 Å². The van der Waals surface area contributed by atoms with E-state index in [9.17, 15) is 9.59 Å². The average Bonchev–Trinajstić information content (AvgIpc) is 2.48. The van der Waals surface area contributed by atoms with Crippen LogP contribution in [0.25, 0.3) is 0 Å². The molecule has 0 radical (unpaired) electrons. The first-order valence-corrected chi connectivity index (χ1v) is 6.01. The molecule has 1 aromatic heterocycles. The molecule has 6 heteroatoms. The Morgan fingerprint density at radius 1 is 1.00 bits per heavy atom. The highest BCUT2D eigenvalue weighted by molar-refractivity contribution is 6.09. The summed E-state index contributed by atoms with van der Waals surface area (Å²) in [4.78, 5) is 27.5. The fraction of sp³-hybridized carbons (Fsp3) is 0.0714. The van der Waals surface area contributed by atoms with Crippen molar-refractivity contribution in [1.29, 1.82) is 0 Å². The Morgan fingerprint density at radius 3 is 2.45 bits per heavy atom. The summed E-state index contributed by atoms with van der Waals surface area (Å²) < 4.78 is 0.